The van der Waals surface area contributed by atoms with Crippen molar-refractivity contribution in [3.8, 4) is 0 Å². The lowest BCUT2D eigenvalue weighted by Gasteiger charge is -2.22. The largest absolute Gasteiger partial charge is 0.382 e. The second kappa shape index (κ2) is 3.74. The summed E-state index contributed by atoms with van der Waals surface area (Å²) in [5.74, 6) is 2.05. The fourth-order valence-corrected chi connectivity index (χ4v) is 3.35. The van der Waals surface area contributed by atoms with Crippen LogP contribution in [0.1, 0.15) is 13.3 Å². The van der Waals surface area contributed by atoms with Crippen molar-refractivity contribution in [2.75, 3.05) is 11.5 Å². The van der Waals surface area contributed by atoms with Crippen molar-refractivity contribution < 1.29 is 5.11 Å². The molecular weight excluding hydrogens is 152 g/mol. The lowest BCUT2D eigenvalue weighted by atomic mass is 10.4. The Balaban J connectivity index is 2.18. The van der Waals surface area contributed by atoms with E-state index in [9.17, 15) is 0 Å². The average molecular weight is 164 g/mol. The standard InChI is InChI=1S/C6H12OS2/c1-2-5-3-9-6(7)4-8-5/h5-7H,2-4H2,1H3. The summed E-state index contributed by atoms with van der Waals surface area (Å²) in [4.78, 5) is 0. The number of thioether (sulfide) groups is 2. The molecule has 3 heteroatoms. The predicted octanol–water partition coefficient (Wildman–Crippen LogP) is 1.56. The Hall–Kier alpha value is 0.660. The molecule has 0 spiro atoms. The van der Waals surface area contributed by atoms with Crippen LogP contribution in [0.4, 0.5) is 0 Å². The molecule has 0 bridgehead atoms. The Labute approximate surface area is 64.6 Å². The van der Waals surface area contributed by atoms with E-state index in [0.717, 1.165) is 16.8 Å². The van der Waals surface area contributed by atoms with Crippen LogP contribution in [0.2, 0.25) is 0 Å². The third-order valence-electron chi connectivity index (χ3n) is 1.40. The van der Waals surface area contributed by atoms with E-state index in [-0.39, 0.29) is 5.44 Å². The van der Waals surface area contributed by atoms with Gasteiger partial charge in [-0.3, -0.25) is 0 Å². The SMILES string of the molecule is CCC1CSC(O)CS1. The van der Waals surface area contributed by atoms with E-state index in [1.807, 2.05) is 11.8 Å². The quantitative estimate of drug-likeness (QED) is 0.635. The van der Waals surface area contributed by atoms with Crippen molar-refractivity contribution in [1.82, 2.24) is 0 Å². The Morgan fingerprint density at radius 2 is 2.22 bits per heavy atom. The van der Waals surface area contributed by atoms with Crippen LogP contribution in [0.5, 0.6) is 0 Å². The Bertz CT molecular complexity index is 79.1. The van der Waals surface area contributed by atoms with Crippen molar-refractivity contribution in [2.45, 2.75) is 24.0 Å². The maximum absolute atomic E-state index is 9.06. The Morgan fingerprint density at radius 3 is 2.67 bits per heavy atom. The summed E-state index contributed by atoms with van der Waals surface area (Å²) in [6.45, 7) is 2.20. The molecule has 0 aliphatic carbocycles. The molecule has 1 rings (SSSR count). The van der Waals surface area contributed by atoms with Crippen molar-refractivity contribution in [3.05, 3.63) is 0 Å². The summed E-state index contributed by atoms with van der Waals surface area (Å²) in [5.41, 5.74) is -0.0993. The zero-order chi connectivity index (χ0) is 6.69. The number of hydrogen-bond acceptors (Lipinski definition) is 3. The molecule has 1 heterocycles. The van der Waals surface area contributed by atoms with E-state index in [0.29, 0.717) is 0 Å². The van der Waals surface area contributed by atoms with Gasteiger partial charge in [0.15, 0.2) is 0 Å². The summed E-state index contributed by atoms with van der Waals surface area (Å²) in [7, 11) is 0. The van der Waals surface area contributed by atoms with Gasteiger partial charge in [-0.15, -0.1) is 11.8 Å². The molecule has 1 aliphatic heterocycles. The van der Waals surface area contributed by atoms with Crippen LogP contribution in [0, 0.1) is 0 Å². The van der Waals surface area contributed by atoms with E-state index in [1.54, 1.807) is 11.8 Å². The molecule has 1 saturated heterocycles. The highest BCUT2D eigenvalue weighted by molar-refractivity contribution is 8.06. The molecule has 0 aromatic rings. The summed E-state index contributed by atoms with van der Waals surface area (Å²) >= 11 is 3.59. The van der Waals surface area contributed by atoms with Gasteiger partial charge in [0.2, 0.25) is 0 Å². The van der Waals surface area contributed by atoms with Crippen molar-refractivity contribution in [3.63, 3.8) is 0 Å². The summed E-state index contributed by atoms with van der Waals surface area (Å²) in [6, 6.07) is 0. The summed E-state index contributed by atoms with van der Waals surface area (Å²) < 4.78 is 0. The van der Waals surface area contributed by atoms with Gasteiger partial charge in [0.25, 0.3) is 0 Å². The first-order chi connectivity index (χ1) is 4.33. The second-order valence-electron chi connectivity index (χ2n) is 2.15. The van der Waals surface area contributed by atoms with E-state index >= 15 is 0 Å². The first kappa shape index (κ1) is 7.76. The number of aliphatic hydroxyl groups is 1. The minimum absolute atomic E-state index is 0.0993. The van der Waals surface area contributed by atoms with Gasteiger partial charge in [-0.05, 0) is 6.42 Å². The summed E-state index contributed by atoms with van der Waals surface area (Å²) in [5, 5.41) is 9.85. The van der Waals surface area contributed by atoms with Crippen LogP contribution in [-0.4, -0.2) is 27.3 Å². The minimum atomic E-state index is -0.0993. The molecule has 1 N–H and O–H groups in total. The second-order valence-corrected chi connectivity index (χ2v) is 4.70. The van der Waals surface area contributed by atoms with Crippen LogP contribution in [0.3, 0.4) is 0 Å². The molecule has 9 heavy (non-hydrogen) atoms. The molecule has 0 saturated carbocycles. The van der Waals surface area contributed by atoms with Gasteiger partial charge in [-0.1, -0.05) is 6.92 Å². The van der Waals surface area contributed by atoms with Crippen molar-refractivity contribution in [2.24, 2.45) is 0 Å². The molecular formula is C6H12OS2. The van der Waals surface area contributed by atoms with Gasteiger partial charge in [0.05, 0.1) is 0 Å². The van der Waals surface area contributed by atoms with Gasteiger partial charge < -0.3 is 5.11 Å². The van der Waals surface area contributed by atoms with Crippen molar-refractivity contribution in [1.29, 1.82) is 0 Å². The van der Waals surface area contributed by atoms with Crippen LogP contribution >= 0.6 is 23.5 Å². The van der Waals surface area contributed by atoms with Gasteiger partial charge in [-0.25, -0.2) is 0 Å². The highest BCUT2D eigenvalue weighted by Crippen LogP contribution is 2.29. The molecule has 0 amide bonds. The molecule has 1 aliphatic rings. The monoisotopic (exact) mass is 164 g/mol. The number of hydrogen-bond donors (Lipinski definition) is 1. The molecule has 0 aromatic heterocycles. The van der Waals surface area contributed by atoms with Gasteiger partial charge in [0, 0.05) is 16.8 Å². The number of aliphatic hydroxyl groups excluding tert-OH is 1. The minimum Gasteiger partial charge on any atom is -0.382 e. The van der Waals surface area contributed by atoms with Crippen molar-refractivity contribution >= 4 is 23.5 Å². The zero-order valence-corrected chi connectivity index (χ0v) is 7.17. The van der Waals surface area contributed by atoms with Gasteiger partial charge in [0.1, 0.15) is 5.44 Å². The molecule has 1 nitrogen and oxygen atoms in total. The fraction of sp³-hybridized carbons (Fsp3) is 1.00. The summed E-state index contributed by atoms with van der Waals surface area (Å²) in [6.07, 6.45) is 1.24. The molecule has 0 aromatic carbocycles. The first-order valence-corrected chi connectivity index (χ1v) is 5.34. The molecule has 0 radical (unpaired) electrons. The van der Waals surface area contributed by atoms with E-state index in [1.165, 1.54) is 6.42 Å². The highest BCUT2D eigenvalue weighted by Gasteiger charge is 2.17. The van der Waals surface area contributed by atoms with Crippen LogP contribution in [-0.2, 0) is 0 Å². The van der Waals surface area contributed by atoms with E-state index in [2.05, 4.69) is 6.92 Å². The van der Waals surface area contributed by atoms with Crippen LogP contribution in [0.15, 0.2) is 0 Å². The normalized spacial score (nSPS) is 36.7. The van der Waals surface area contributed by atoms with E-state index in [4.69, 9.17) is 5.11 Å². The van der Waals surface area contributed by atoms with Crippen LogP contribution in [0.25, 0.3) is 0 Å². The number of rotatable bonds is 1. The first-order valence-electron chi connectivity index (χ1n) is 3.24. The molecule has 2 unspecified atom stereocenters. The zero-order valence-electron chi connectivity index (χ0n) is 5.54. The third kappa shape index (κ3) is 2.40. The fourth-order valence-electron chi connectivity index (χ4n) is 0.769. The Kier molecular flexibility index (Phi) is 3.22. The van der Waals surface area contributed by atoms with Gasteiger partial charge in [-0.2, -0.15) is 11.8 Å². The van der Waals surface area contributed by atoms with E-state index < -0.39 is 0 Å². The smallest absolute Gasteiger partial charge is 0.108 e. The molecule has 1 fully saturated rings. The van der Waals surface area contributed by atoms with Crippen LogP contribution < -0.4 is 0 Å². The topological polar surface area (TPSA) is 20.2 Å². The third-order valence-corrected chi connectivity index (χ3v) is 4.45. The molecule has 2 atom stereocenters. The highest BCUT2D eigenvalue weighted by atomic mass is 32.2. The van der Waals surface area contributed by atoms with Gasteiger partial charge >= 0.3 is 0 Å². The lowest BCUT2D eigenvalue weighted by Crippen LogP contribution is -2.19. The maximum Gasteiger partial charge on any atom is 0.108 e. The lowest BCUT2D eigenvalue weighted by molar-refractivity contribution is 0.287. The Morgan fingerprint density at radius 1 is 1.44 bits per heavy atom. The maximum atomic E-state index is 9.06. The predicted molar refractivity (Wildman–Crippen MR) is 45.0 cm³/mol. The molecule has 54 valence electrons. The average Bonchev–Trinajstić information content (AvgIpc) is 1.90.